The molecule has 14 heteroatoms. The molecule has 1 aromatic carbocycles. The fourth-order valence-corrected chi connectivity index (χ4v) is 7.83. The summed E-state index contributed by atoms with van der Waals surface area (Å²) in [7, 11) is -3.84. The van der Waals surface area contributed by atoms with E-state index in [0.717, 1.165) is 55.8 Å². The molecule has 6 rings (SSSR count). The van der Waals surface area contributed by atoms with Gasteiger partial charge in [-0.05, 0) is 57.4 Å². The number of hydrogen-bond donors (Lipinski definition) is 3. The zero-order valence-electron chi connectivity index (χ0n) is 23.0. The molecule has 2 aliphatic carbocycles. The van der Waals surface area contributed by atoms with Gasteiger partial charge in [-0.3, -0.25) is 10.1 Å². The maximum atomic E-state index is 13.2. The van der Waals surface area contributed by atoms with Crippen molar-refractivity contribution in [3.63, 3.8) is 0 Å². The van der Waals surface area contributed by atoms with E-state index in [4.69, 9.17) is 20.7 Å². The summed E-state index contributed by atoms with van der Waals surface area (Å²) in [5.74, 6) is 1.23. The van der Waals surface area contributed by atoms with Crippen LogP contribution in [0.5, 0.6) is 0 Å². The Morgan fingerprint density at radius 2 is 1.66 bits per heavy atom. The monoisotopic (exact) mass is 583 g/mol. The number of nitrogens with one attached hydrogen (secondary N) is 2. The molecule has 3 aliphatic rings. The van der Waals surface area contributed by atoms with E-state index in [1.54, 1.807) is 0 Å². The van der Waals surface area contributed by atoms with E-state index in [0.29, 0.717) is 43.7 Å². The molecular formula is C27H37N9O4S. The molecule has 1 saturated heterocycles. The Morgan fingerprint density at radius 3 is 2.37 bits per heavy atom. The first-order chi connectivity index (χ1) is 19.8. The minimum Gasteiger partial charge on any atom is -0.365 e. The van der Waals surface area contributed by atoms with Crippen LogP contribution in [0.2, 0.25) is 0 Å². The van der Waals surface area contributed by atoms with Gasteiger partial charge in [0.05, 0.1) is 16.1 Å². The van der Waals surface area contributed by atoms with Gasteiger partial charge in [0.2, 0.25) is 16.0 Å². The van der Waals surface area contributed by atoms with Crippen molar-refractivity contribution < 1.29 is 13.3 Å². The summed E-state index contributed by atoms with van der Waals surface area (Å²) in [6.45, 7) is 0.585. The van der Waals surface area contributed by atoms with Gasteiger partial charge in [0.15, 0.2) is 17.0 Å². The number of anilines is 2. The largest absolute Gasteiger partial charge is 0.365 e. The van der Waals surface area contributed by atoms with Gasteiger partial charge >= 0.3 is 0 Å². The highest BCUT2D eigenvalue weighted by Crippen LogP contribution is 2.34. The molecule has 220 valence electrons. The van der Waals surface area contributed by atoms with Crippen LogP contribution in [0.3, 0.4) is 0 Å². The minimum absolute atomic E-state index is 0.0122. The van der Waals surface area contributed by atoms with Crippen molar-refractivity contribution in [2.24, 2.45) is 5.73 Å². The van der Waals surface area contributed by atoms with E-state index in [-0.39, 0.29) is 28.7 Å². The van der Waals surface area contributed by atoms with Crippen LogP contribution in [0.1, 0.15) is 70.3 Å². The van der Waals surface area contributed by atoms with Crippen LogP contribution in [-0.4, -0.2) is 68.4 Å². The summed E-state index contributed by atoms with van der Waals surface area (Å²) in [5.41, 5.74) is 7.40. The van der Waals surface area contributed by atoms with Crippen molar-refractivity contribution in [2.75, 3.05) is 23.7 Å². The molecule has 2 aromatic heterocycles. The first-order valence-electron chi connectivity index (χ1n) is 14.6. The normalized spacial score (nSPS) is 23.1. The first-order valence-corrected chi connectivity index (χ1v) is 16.0. The second-order valence-electron chi connectivity index (χ2n) is 11.5. The molecule has 0 unspecified atom stereocenters. The molecule has 2 saturated carbocycles. The number of nitrogens with zero attached hydrogens (tertiary/aromatic N) is 6. The molecule has 3 heterocycles. The smallest absolute Gasteiger partial charge is 0.270 e. The van der Waals surface area contributed by atoms with Gasteiger partial charge in [0.25, 0.3) is 5.69 Å². The van der Waals surface area contributed by atoms with E-state index in [1.807, 2.05) is 6.33 Å². The molecule has 13 nitrogen and oxygen atoms in total. The van der Waals surface area contributed by atoms with Crippen molar-refractivity contribution in [1.82, 2.24) is 23.8 Å². The SMILES string of the molecule is NC1CCC(Nc2nc(NC3CCN(S(=O)(=O)c4cccc([N+](=O)[O-])c4)CC3)c3ncn(C4CCCC4)c3n2)CC1. The minimum atomic E-state index is -3.84. The predicted molar refractivity (Wildman–Crippen MR) is 155 cm³/mol. The molecule has 41 heavy (non-hydrogen) atoms. The van der Waals surface area contributed by atoms with Crippen molar-refractivity contribution >= 4 is 38.6 Å². The summed E-state index contributed by atoms with van der Waals surface area (Å²) in [6.07, 6.45) is 11.5. The number of nitro benzene ring substituents is 1. The van der Waals surface area contributed by atoms with Crippen LogP contribution in [0.4, 0.5) is 17.5 Å². The van der Waals surface area contributed by atoms with E-state index < -0.39 is 14.9 Å². The number of non-ortho nitro benzene ring substituents is 1. The number of benzene rings is 1. The Kier molecular flexibility index (Phi) is 7.79. The molecule has 3 fully saturated rings. The summed E-state index contributed by atoms with van der Waals surface area (Å²) >= 11 is 0. The maximum absolute atomic E-state index is 13.2. The molecule has 0 atom stereocenters. The van der Waals surface area contributed by atoms with Crippen LogP contribution in [0.25, 0.3) is 11.2 Å². The molecule has 0 spiro atoms. The molecule has 0 radical (unpaired) electrons. The van der Waals surface area contributed by atoms with Gasteiger partial charge in [-0.15, -0.1) is 0 Å². The highest BCUT2D eigenvalue weighted by molar-refractivity contribution is 7.89. The van der Waals surface area contributed by atoms with E-state index in [1.165, 1.54) is 35.3 Å². The van der Waals surface area contributed by atoms with Gasteiger partial charge in [-0.1, -0.05) is 18.9 Å². The molecule has 3 aromatic rings. The first kappa shape index (κ1) is 27.8. The second kappa shape index (κ2) is 11.5. The Bertz CT molecular complexity index is 1510. The van der Waals surface area contributed by atoms with Gasteiger partial charge in [-0.2, -0.15) is 14.3 Å². The van der Waals surface area contributed by atoms with Crippen molar-refractivity contribution in [3.8, 4) is 0 Å². The van der Waals surface area contributed by atoms with Crippen LogP contribution < -0.4 is 16.4 Å². The molecular weight excluding hydrogens is 546 g/mol. The number of aromatic nitrogens is 4. The van der Waals surface area contributed by atoms with Crippen LogP contribution >= 0.6 is 0 Å². The van der Waals surface area contributed by atoms with Gasteiger partial charge in [-0.25, -0.2) is 13.4 Å². The predicted octanol–water partition coefficient (Wildman–Crippen LogP) is 3.80. The summed E-state index contributed by atoms with van der Waals surface area (Å²) < 4.78 is 30.0. The third-order valence-corrected chi connectivity index (χ3v) is 10.6. The Balaban J connectivity index is 1.20. The van der Waals surface area contributed by atoms with Gasteiger partial charge in [0, 0.05) is 49.4 Å². The van der Waals surface area contributed by atoms with Gasteiger partial charge in [0.1, 0.15) is 0 Å². The van der Waals surface area contributed by atoms with Crippen LogP contribution in [0, 0.1) is 10.1 Å². The molecule has 1 aliphatic heterocycles. The lowest BCUT2D eigenvalue weighted by molar-refractivity contribution is -0.385. The number of nitrogens with two attached hydrogens (primary N) is 1. The topological polar surface area (TPSA) is 174 Å². The second-order valence-corrected chi connectivity index (χ2v) is 13.4. The third-order valence-electron chi connectivity index (χ3n) is 8.71. The van der Waals surface area contributed by atoms with Crippen molar-refractivity contribution in [2.45, 2.75) is 93.3 Å². The van der Waals surface area contributed by atoms with Gasteiger partial charge < -0.3 is 20.9 Å². The summed E-state index contributed by atoms with van der Waals surface area (Å²) in [6, 6.07) is 6.10. The summed E-state index contributed by atoms with van der Waals surface area (Å²) in [4.78, 5) is 25.0. The lowest BCUT2D eigenvalue weighted by Gasteiger charge is -2.32. The number of nitro groups is 1. The zero-order chi connectivity index (χ0) is 28.6. The fraction of sp³-hybridized carbons (Fsp3) is 0.593. The third kappa shape index (κ3) is 5.86. The Morgan fingerprint density at radius 1 is 0.951 bits per heavy atom. The van der Waals surface area contributed by atoms with Crippen LogP contribution in [0.15, 0.2) is 35.5 Å². The molecule has 4 N–H and O–H groups in total. The lowest BCUT2D eigenvalue weighted by atomic mass is 9.92. The van der Waals surface area contributed by atoms with Crippen LogP contribution in [-0.2, 0) is 10.0 Å². The summed E-state index contributed by atoms with van der Waals surface area (Å²) in [5, 5.41) is 18.2. The van der Waals surface area contributed by atoms with E-state index in [9.17, 15) is 18.5 Å². The average molecular weight is 584 g/mol. The van der Waals surface area contributed by atoms with Crippen molar-refractivity contribution in [1.29, 1.82) is 0 Å². The zero-order valence-corrected chi connectivity index (χ0v) is 23.8. The maximum Gasteiger partial charge on any atom is 0.270 e. The lowest BCUT2D eigenvalue weighted by Crippen LogP contribution is -2.42. The standard InChI is InChI=1S/C27H37N9O4S/c28-18-8-10-19(11-9-18)31-27-32-25(24-26(33-27)35(17-29-24)21-4-1-2-5-21)30-20-12-14-34(15-13-20)41(39,40)23-7-3-6-22(16-23)36(37)38/h3,6-7,16-21H,1-2,4-5,8-15,28H2,(H2,30,31,32,33). The number of rotatable bonds is 8. The highest BCUT2D eigenvalue weighted by atomic mass is 32.2. The number of fused-ring (bicyclic) bond motifs is 1. The average Bonchev–Trinajstić information content (AvgIpc) is 3.65. The molecule has 0 bridgehead atoms. The Labute approximate surface area is 239 Å². The van der Waals surface area contributed by atoms with E-state index in [2.05, 4.69) is 15.2 Å². The Hall–Kier alpha value is -3.36. The number of hydrogen-bond acceptors (Lipinski definition) is 10. The fourth-order valence-electron chi connectivity index (χ4n) is 6.32. The quantitative estimate of drug-likeness (QED) is 0.261. The number of piperidine rings is 1. The highest BCUT2D eigenvalue weighted by Gasteiger charge is 2.31. The molecule has 0 amide bonds. The van der Waals surface area contributed by atoms with Crippen molar-refractivity contribution in [3.05, 3.63) is 40.7 Å². The number of imidazole rings is 1. The van der Waals surface area contributed by atoms with E-state index >= 15 is 0 Å². The number of sulfonamides is 1.